The van der Waals surface area contributed by atoms with Gasteiger partial charge in [-0.3, -0.25) is 4.79 Å². The Labute approximate surface area is 269 Å². The summed E-state index contributed by atoms with van der Waals surface area (Å²) in [5.74, 6) is 2.40. The summed E-state index contributed by atoms with van der Waals surface area (Å²) in [6.07, 6.45) is 1.59. The number of aromatic nitrogens is 2. The second-order valence-electron chi connectivity index (χ2n) is 11.1. The van der Waals surface area contributed by atoms with Crippen molar-refractivity contribution in [3.63, 3.8) is 0 Å². The Bertz CT molecular complexity index is 1910. The first-order valence-electron chi connectivity index (χ1n) is 15.2. The number of ether oxygens (including phenoxy) is 3. The highest BCUT2D eigenvalue weighted by molar-refractivity contribution is 6.32. The summed E-state index contributed by atoms with van der Waals surface area (Å²) in [7, 11) is 0. The molecule has 0 aliphatic carbocycles. The molecule has 0 N–H and O–H groups in total. The van der Waals surface area contributed by atoms with Gasteiger partial charge in [0.1, 0.15) is 12.4 Å². The molecule has 5 rings (SSSR count). The Kier molecular flexibility index (Phi) is 9.89. The van der Waals surface area contributed by atoms with Gasteiger partial charge < -0.3 is 14.2 Å². The molecule has 0 saturated heterocycles. The van der Waals surface area contributed by atoms with Crippen LogP contribution in [0.1, 0.15) is 61.4 Å². The minimum atomic E-state index is -0.277. The Hall–Kier alpha value is -4.62. The van der Waals surface area contributed by atoms with Crippen LogP contribution in [0.15, 0.2) is 82.7 Å². The lowest BCUT2D eigenvalue weighted by Crippen LogP contribution is -2.21. The summed E-state index contributed by atoms with van der Waals surface area (Å²) < 4.78 is 19.3. The van der Waals surface area contributed by atoms with E-state index in [0.717, 1.165) is 28.0 Å². The highest BCUT2D eigenvalue weighted by Gasteiger charge is 2.19. The lowest BCUT2D eigenvalue weighted by Gasteiger charge is -2.18. The van der Waals surface area contributed by atoms with Gasteiger partial charge in [-0.1, -0.05) is 67.4 Å². The quantitative estimate of drug-likeness (QED) is 0.138. The molecule has 1 heterocycles. The first kappa shape index (κ1) is 31.8. The van der Waals surface area contributed by atoms with Crippen molar-refractivity contribution in [2.45, 2.75) is 54.1 Å². The molecule has 0 atom stereocenters. The molecule has 0 aliphatic rings. The number of hydrogen-bond donors (Lipinski definition) is 0. The number of nitrogens with zero attached hydrogens (tertiary/aromatic N) is 3. The van der Waals surface area contributed by atoms with Gasteiger partial charge in [0.05, 0.1) is 35.4 Å². The number of aryl methyl sites for hydroxylation is 2. The van der Waals surface area contributed by atoms with Crippen LogP contribution in [0.5, 0.6) is 17.2 Å². The van der Waals surface area contributed by atoms with Crippen molar-refractivity contribution >= 4 is 28.7 Å². The van der Waals surface area contributed by atoms with Gasteiger partial charge in [-0.15, -0.1) is 0 Å². The van der Waals surface area contributed by atoms with Crippen LogP contribution in [0.25, 0.3) is 22.3 Å². The zero-order chi connectivity index (χ0) is 32.1. The van der Waals surface area contributed by atoms with E-state index in [-0.39, 0.29) is 11.5 Å². The summed E-state index contributed by atoms with van der Waals surface area (Å²) in [5.41, 5.74) is 5.91. The monoisotopic (exact) mass is 623 g/mol. The van der Waals surface area contributed by atoms with Gasteiger partial charge in [0, 0.05) is 5.56 Å². The molecule has 0 amide bonds. The second kappa shape index (κ2) is 14.0. The predicted molar refractivity (Wildman–Crippen MR) is 183 cm³/mol. The van der Waals surface area contributed by atoms with E-state index in [2.05, 4.69) is 25.0 Å². The first-order chi connectivity index (χ1) is 21.7. The molecule has 0 radical (unpaired) electrons. The topological polar surface area (TPSA) is 74.9 Å². The largest absolute Gasteiger partial charge is 0.494 e. The number of hydrogen-bond acceptors (Lipinski definition) is 6. The average molecular weight is 624 g/mol. The van der Waals surface area contributed by atoms with E-state index in [1.165, 1.54) is 10.2 Å². The van der Waals surface area contributed by atoms with Crippen LogP contribution >= 0.6 is 11.6 Å². The fraction of sp³-hybridized carbons (Fsp3) is 0.270. The number of fused-ring (bicyclic) bond motifs is 1. The molecule has 0 aliphatic heterocycles. The van der Waals surface area contributed by atoms with Crippen molar-refractivity contribution in [2.24, 2.45) is 5.10 Å². The number of rotatable bonds is 11. The molecule has 0 saturated carbocycles. The first-order valence-corrected chi connectivity index (χ1v) is 15.6. The highest BCUT2D eigenvalue weighted by Crippen LogP contribution is 2.37. The average Bonchev–Trinajstić information content (AvgIpc) is 3.01. The Morgan fingerprint density at radius 2 is 1.62 bits per heavy atom. The van der Waals surface area contributed by atoms with Crippen LogP contribution in [0.2, 0.25) is 5.02 Å². The van der Waals surface area contributed by atoms with Crippen LogP contribution in [0.3, 0.4) is 0 Å². The summed E-state index contributed by atoms with van der Waals surface area (Å²) in [6.45, 7) is 13.5. The SMILES string of the molecule is CCOc1cc(C)c(-c2nc3ccccc3c(=O)n2N=Cc2cc(Cl)c(OCc3ccc(C)cc3)c(OCC)c2)cc1C(C)C. The maximum Gasteiger partial charge on any atom is 0.282 e. The molecule has 8 heteroatoms. The Morgan fingerprint density at radius 1 is 0.911 bits per heavy atom. The van der Waals surface area contributed by atoms with Gasteiger partial charge in [-0.05, 0) is 92.3 Å². The van der Waals surface area contributed by atoms with Crippen molar-refractivity contribution in [1.82, 2.24) is 9.66 Å². The zero-order valence-corrected chi connectivity index (χ0v) is 27.3. The minimum absolute atomic E-state index is 0.195. The smallest absolute Gasteiger partial charge is 0.282 e. The number of benzene rings is 4. The van der Waals surface area contributed by atoms with Crippen LogP contribution in [-0.2, 0) is 6.61 Å². The predicted octanol–water partition coefficient (Wildman–Crippen LogP) is 8.72. The molecular formula is C37H38ClN3O4. The van der Waals surface area contributed by atoms with Gasteiger partial charge >= 0.3 is 0 Å². The molecule has 1 aromatic heterocycles. The van der Waals surface area contributed by atoms with Crippen LogP contribution < -0.4 is 19.8 Å². The van der Waals surface area contributed by atoms with Crippen molar-refractivity contribution in [2.75, 3.05) is 13.2 Å². The summed E-state index contributed by atoms with van der Waals surface area (Å²) >= 11 is 6.73. The summed E-state index contributed by atoms with van der Waals surface area (Å²) in [5, 5.41) is 5.53. The molecule has 7 nitrogen and oxygen atoms in total. The zero-order valence-electron chi connectivity index (χ0n) is 26.6. The van der Waals surface area contributed by atoms with E-state index in [0.29, 0.717) is 58.6 Å². The van der Waals surface area contributed by atoms with Gasteiger partial charge in [-0.25, -0.2) is 4.98 Å². The van der Waals surface area contributed by atoms with Gasteiger partial charge in [0.2, 0.25) is 0 Å². The third-order valence-electron chi connectivity index (χ3n) is 7.43. The lowest BCUT2D eigenvalue weighted by atomic mass is 9.96. The Morgan fingerprint density at radius 3 is 2.33 bits per heavy atom. The van der Waals surface area contributed by atoms with E-state index in [9.17, 15) is 4.79 Å². The van der Waals surface area contributed by atoms with Crippen molar-refractivity contribution in [3.8, 4) is 28.6 Å². The molecular weight excluding hydrogens is 586 g/mol. The van der Waals surface area contributed by atoms with Gasteiger partial charge in [0.25, 0.3) is 5.56 Å². The lowest BCUT2D eigenvalue weighted by molar-refractivity contribution is 0.269. The van der Waals surface area contributed by atoms with Crippen LogP contribution in [-0.4, -0.2) is 29.1 Å². The van der Waals surface area contributed by atoms with Crippen molar-refractivity contribution in [1.29, 1.82) is 0 Å². The molecule has 0 unspecified atom stereocenters. The molecule has 45 heavy (non-hydrogen) atoms. The molecule has 5 aromatic rings. The number of halogens is 1. The molecule has 0 spiro atoms. The molecule has 0 bridgehead atoms. The summed E-state index contributed by atoms with van der Waals surface area (Å²) in [4.78, 5) is 18.8. The molecule has 4 aromatic carbocycles. The van der Waals surface area contributed by atoms with Crippen LogP contribution in [0, 0.1) is 13.8 Å². The van der Waals surface area contributed by atoms with Gasteiger partial charge in [-0.2, -0.15) is 9.78 Å². The van der Waals surface area contributed by atoms with E-state index >= 15 is 0 Å². The standard InChI is InChI=1S/C37H38ClN3O4/c1-7-43-33-17-25(6)30(20-29(33)23(3)4)36-40-32-12-10-9-11-28(32)37(42)41(36)39-21-27-18-31(38)35(34(19-27)44-8-2)45-22-26-15-13-24(5)14-16-26/h9-21,23H,7-8,22H2,1-6H3. The Balaban J connectivity index is 1.59. The van der Waals surface area contributed by atoms with Crippen molar-refractivity contribution in [3.05, 3.63) is 116 Å². The van der Waals surface area contributed by atoms with E-state index in [4.69, 9.17) is 30.8 Å². The number of para-hydroxylation sites is 1. The normalized spacial score (nSPS) is 11.5. The van der Waals surface area contributed by atoms with E-state index in [1.807, 2.05) is 82.3 Å². The third-order valence-corrected chi connectivity index (χ3v) is 7.71. The van der Waals surface area contributed by atoms with E-state index in [1.54, 1.807) is 18.3 Å². The molecule has 0 fully saturated rings. The van der Waals surface area contributed by atoms with Crippen LogP contribution in [0.4, 0.5) is 0 Å². The maximum absolute atomic E-state index is 13.9. The fourth-order valence-corrected chi connectivity index (χ4v) is 5.38. The van der Waals surface area contributed by atoms with Gasteiger partial charge in [0.15, 0.2) is 17.3 Å². The van der Waals surface area contributed by atoms with E-state index < -0.39 is 0 Å². The van der Waals surface area contributed by atoms with Crippen molar-refractivity contribution < 1.29 is 14.2 Å². The molecule has 232 valence electrons. The fourth-order valence-electron chi connectivity index (χ4n) is 5.11. The third kappa shape index (κ3) is 7.04. The maximum atomic E-state index is 13.9. The highest BCUT2D eigenvalue weighted by atomic mass is 35.5. The summed E-state index contributed by atoms with van der Waals surface area (Å²) in [6, 6.07) is 23.0. The second-order valence-corrected chi connectivity index (χ2v) is 11.6. The minimum Gasteiger partial charge on any atom is -0.494 e.